The fourth-order valence-electron chi connectivity index (χ4n) is 6.08. The van der Waals surface area contributed by atoms with E-state index < -0.39 is 0 Å². The van der Waals surface area contributed by atoms with Gasteiger partial charge in [0.05, 0.1) is 43.1 Å². The largest absolute Gasteiger partial charge is 0.508 e. The zero-order valence-corrected chi connectivity index (χ0v) is 20.7. The molecule has 0 bridgehead atoms. The summed E-state index contributed by atoms with van der Waals surface area (Å²) in [4.78, 5) is 12.9. The van der Waals surface area contributed by atoms with Crippen LogP contribution in [-0.4, -0.2) is 48.2 Å². The van der Waals surface area contributed by atoms with Gasteiger partial charge in [-0.25, -0.2) is 0 Å². The highest BCUT2D eigenvalue weighted by atomic mass is 35.5. The number of piperidine rings is 1. The second-order valence-corrected chi connectivity index (χ2v) is 10.9. The minimum Gasteiger partial charge on any atom is -0.508 e. The molecule has 176 valence electrons. The quantitative estimate of drug-likeness (QED) is 0.417. The summed E-state index contributed by atoms with van der Waals surface area (Å²) in [5, 5.41) is 14.5. The van der Waals surface area contributed by atoms with Crippen molar-refractivity contribution < 1.29 is 14.4 Å². The van der Waals surface area contributed by atoms with E-state index in [1.54, 1.807) is 18.2 Å². The van der Waals surface area contributed by atoms with Crippen molar-refractivity contribution in [3.63, 3.8) is 0 Å². The average molecular weight is 488 g/mol. The molecule has 1 aliphatic carbocycles. The van der Waals surface area contributed by atoms with Crippen LogP contribution in [0.15, 0.2) is 55.1 Å². The van der Waals surface area contributed by atoms with E-state index in [1.807, 2.05) is 24.3 Å². The maximum absolute atomic E-state index is 12.9. The van der Waals surface area contributed by atoms with Crippen LogP contribution >= 0.6 is 23.2 Å². The monoisotopic (exact) mass is 487 g/mol. The zero-order valence-electron chi connectivity index (χ0n) is 19.2. The van der Waals surface area contributed by atoms with Crippen LogP contribution in [0.4, 0.5) is 0 Å². The standard InChI is InChI=1S/C27H32Cl2N2O2/c1-3-12-31(2)13-11-27(20-5-4-6-23(32)16-20)17-22(9-8-21(27)18-31)30-26(33)15-19-7-10-24(28)25(29)14-19/h3-7,10,14,16,21-22H,1,8-9,11-13,15,17-18H2,2H3,(H-,30,32,33)/p+1/t21?,22-,27-,31-/m0/s1. The number of hydrogen-bond acceptors (Lipinski definition) is 2. The number of hydrogen-bond donors (Lipinski definition) is 2. The lowest BCUT2D eigenvalue weighted by Gasteiger charge is -2.55. The molecule has 0 aromatic heterocycles. The van der Waals surface area contributed by atoms with E-state index >= 15 is 0 Å². The number of halogens is 2. The molecule has 1 unspecified atom stereocenters. The van der Waals surface area contributed by atoms with Gasteiger partial charge in [-0.05, 0) is 60.7 Å². The van der Waals surface area contributed by atoms with Crippen LogP contribution in [0.3, 0.4) is 0 Å². The van der Waals surface area contributed by atoms with E-state index in [2.05, 4.69) is 25.0 Å². The Morgan fingerprint density at radius 3 is 2.79 bits per heavy atom. The van der Waals surface area contributed by atoms with Crippen molar-refractivity contribution in [2.75, 3.05) is 26.7 Å². The fraction of sp³-hybridized carbons (Fsp3) is 0.444. The molecule has 6 heteroatoms. The van der Waals surface area contributed by atoms with Gasteiger partial charge in [-0.15, -0.1) is 0 Å². The Morgan fingerprint density at radius 2 is 2.06 bits per heavy atom. The van der Waals surface area contributed by atoms with Crippen molar-refractivity contribution in [3.8, 4) is 5.75 Å². The predicted molar refractivity (Wildman–Crippen MR) is 135 cm³/mol. The number of carbonyl (C=O) groups excluding carboxylic acids is 1. The molecule has 1 saturated carbocycles. The Balaban J connectivity index is 1.53. The molecule has 33 heavy (non-hydrogen) atoms. The maximum atomic E-state index is 12.9. The van der Waals surface area contributed by atoms with E-state index in [0.717, 1.165) is 55.4 Å². The smallest absolute Gasteiger partial charge is 0.224 e. The third kappa shape index (κ3) is 5.24. The van der Waals surface area contributed by atoms with Gasteiger partial charge >= 0.3 is 0 Å². The van der Waals surface area contributed by atoms with Gasteiger partial charge in [-0.1, -0.05) is 48.0 Å². The van der Waals surface area contributed by atoms with Crippen molar-refractivity contribution >= 4 is 29.1 Å². The molecule has 0 spiro atoms. The van der Waals surface area contributed by atoms with Crippen LogP contribution in [0, 0.1) is 5.92 Å². The lowest BCUT2D eigenvalue weighted by Crippen LogP contribution is -2.62. The number of phenolic OH excluding ortho intramolecular Hbond substituents is 1. The molecule has 4 nitrogen and oxygen atoms in total. The predicted octanol–water partition coefficient (Wildman–Crippen LogP) is 5.50. The molecule has 1 heterocycles. The van der Waals surface area contributed by atoms with Crippen LogP contribution in [0.2, 0.25) is 10.0 Å². The minimum atomic E-state index is -0.0442. The van der Waals surface area contributed by atoms with Gasteiger partial charge in [-0.2, -0.15) is 0 Å². The zero-order chi connectivity index (χ0) is 23.6. The third-order valence-corrected chi connectivity index (χ3v) is 8.46. The molecule has 2 fully saturated rings. The Bertz CT molecular complexity index is 1040. The molecular formula is C27H33Cl2N2O2+. The van der Waals surface area contributed by atoms with Gasteiger partial charge in [0, 0.05) is 23.8 Å². The summed E-state index contributed by atoms with van der Waals surface area (Å²) in [5.41, 5.74) is 2.01. The van der Waals surface area contributed by atoms with E-state index in [4.69, 9.17) is 23.2 Å². The third-order valence-electron chi connectivity index (χ3n) is 7.72. The fourth-order valence-corrected chi connectivity index (χ4v) is 6.40. The summed E-state index contributed by atoms with van der Waals surface area (Å²) in [5.74, 6) is 0.813. The Labute approximate surface area is 206 Å². The molecule has 0 radical (unpaired) electrons. The number of likely N-dealkylation sites (N-methyl/N-ethyl adjacent to an activating group) is 1. The molecule has 2 aromatic carbocycles. The molecule has 4 atom stereocenters. The van der Waals surface area contributed by atoms with Crippen molar-refractivity contribution in [2.24, 2.45) is 5.92 Å². The molecule has 4 rings (SSSR count). The first kappa shape index (κ1) is 24.1. The minimum absolute atomic E-state index is 0.00554. The lowest BCUT2D eigenvalue weighted by molar-refractivity contribution is -0.914. The molecule has 2 N–H and O–H groups in total. The van der Waals surface area contributed by atoms with Gasteiger partial charge in [0.25, 0.3) is 0 Å². The van der Waals surface area contributed by atoms with Gasteiger partial charge in [0.2, 0.25) is 5.91 Å². The normalized spacial score (nSPS) is 29.2. The van der Waals surface area contributed by atoms with E-state index in [0.29, 0.717) is 21.7 Å². The number of quaternary nitrogens is 1. The summed E-state index contributed by atoms with van der Waals surface area (Å²) >= 11 is 12.1. The summed E-state index contributed by atoms with van der Waals surface area (Å²) in [6, 6.07) is 13.2. The number of nitrogens with one attached hydrogen (secondary N) is 1. The number of amides is 1. The SMILES string of the molecule is C=CC[N@@+]1(C)CC[C@@]2(c3cccc(O)c3)C[C@@H](NC(=O)Cc3ccc(Cl)c(Cl)c3)CCC2C1. The number of carbonyl (C=O) groups is 1. The molecule has 1 aliphatic heterocycles. The summed E-state index contributed by atoms with van der Waals surface area (Å²) < 4.78 is 1.00. The molecule has 1 amide bonds. The summed E-state index contributed by atoms with van der Waals surface area (Å²) in [7, 11) is 2.32. The maximum Gasteiger partial charge on any atom is 0.224 e. The van der Waals surface area contributed by atoms with Gasteiger partial charge < -0.3 is 14.9 Å². The second-order valence-electron chi connectivity index (χ2n) is 10.1. The van der Waals surface area contributed by atoms with Crippen LogP contribution in [0.25, 0.3) is 0 Å². The number of benzene rings is 2. The van der Waals surface area contributed by atoms with Gasteiger partial charge in [0.15, 0.2) is 0 Å². The molecule has 2 aliphatic rings. The highest BCUT2D eigenvalue weighted by Gasteiger charge is 2.52. The molecular weight excluding hydrogens is 455 g/mol. The number of aromatic hydroxyl groups is 1. The van der Waals surface area contributed by atoms with Crippen LogP contribution in [0.5, 0.6) is 5.75 Å². The van der Waals surface area contributed by atoms with Gasteiger partial charge in [0.1, 0.15) is 5.75 Å². The number of rotatable bonds is 6. The average Bonchev–Trinajstić information content (AvgIpc) is 2.76. The highest BCUT2D eigenvalue weighted by Crippen LogP contribution is 2.50. The molecule has 2 aromatic rings. The van der Waals surface area contributed by atoms with Crippen LogP contribution in [0.1, 0.15) is 36.8 Å². The summed E-state index contributed by atoms with van der Waals surface area (Å²) in [6.45, 7) is 7.08. The number of phenols is 1. The second kappa shape index (κ2) is 9.69. The van der Waals surface area contributed by atoms with Gasteiger partial charge in [-0.3, -0.25) is 4.79 Å². The first-order chi connectivity index (χ1) is 15.7. The van der Waals surface area contributed by atoms with Crippen molar-refractivity contribution in [1.29, 1.82) is 0 Å². The Kier molecular flexibility index (Phi) is 7.09. The van der Waals surface area contributed by atoms with Crippen molar-refractivity contribution in [1.82, 2.24) is 5.32 Å². The van der Waals surface area contributed by atoms with Crippen LogP contribution in [-0.2, 0) is 16.6 Å². The lowest BCUT2D eigenvalue weighted by atomic mass is 9.57. The Morgan fingerprint density at radius 1 is 1.24 bits per heavy atom. The Hall–Kier alpha value is -2.01. The number of nitrogens with zero attached hydrogens (tertiary/aromatic N) is 1. The van der Waals surface area contributed by atoms with E-state index in [-0.39, 0.29) is 23.8 Å². The highest BCUT2D eigenvalue weighted by molar-refractivity contribution is 6.42. The van der Waals surface area contributed by atoms with Crippen molar-refractivity contribution in [3.05, 3.63) is 76.3 Å². The van der Waals surface area contributed by atoms with Crippen LogP contribution < -0.4 is 5.32 Å². The topological polar surface area (TPSA) is 49.3 Å². The van der Waals surface area contributed by atoms with Crippen molar-refractivity contribution in [2.45, 2.75) is 43.6 Å². The summed E-state index contributed by atoms with van der Waals surface area (Å²) in [6.07, 6.45) is 6.25. The number of fused-ring (bicyclic) bond motifs is 1. The van der Waals surface area contributed by atoms with E-state index in [9.17, 15) is 9.90 Å². The number of likely N-dealkylation sites (tertiary alicyclic amines) is 1. The first-order valence-electron chi connectivity index (χ1n) is 11.7. The first-order valence-corrected chi connectivity index (χ1v) is 12.5. The van der Waals surface area contributed by atoms with E-state index in [1.165, 1.54) is 5.56 Å². The molecule has 1 saturated heterocycles.